The van der Waals surface area contributed by atoms with Gasteiger partial charge in [-0.15, -0.1) is 0 Å². The van der Waals surface area contributed by atoms with Gasteiger partial charge >= 0.3 is 0 Å². The van der Waals surface area contributed by atoms with E-state index in [-0.39, 0.29) is 28.9 Å². The zero-order valence-electron chi connectivity index (χ0n) is 10.7. The van der Waals surface area contributed by atoms with Gasteiger partial charge in [0, 0.05) is 19.0 Å². The summed E-state index contributed by atoms with van der Waals surface area (Å²) in [6.45, 7) is 1.27. The third kappa shape index (κ3) is 2.02. The number of fused-ring (bicyclic) bond motifs is 1. The average Bonchev–Trinajstić information content (AvgIpc) is 2.43. The number of benzene rings is 2. The van der Waals surface area contributed by atoms with Crippen LogP contribution in [-0.4, -0.2) is 27.0 Å². The van der Waals surface area contributed by atoms with Gasteiger partial charge in [-0.2, -0.15) is 0 Å². The summed E-state index contributed by atoms with van der Waals surface area (Å²) in [5, 5.41) is 41.5. The number of phenols is 4. The van der Waals surface area contributed by atoms with E-state index in [1.54, 1.807) is 18.2 Å². The Morgan fingerprint density at radius 3 is 2.30 bits per heavy atom. The molecule has 0 radical (unpaired) electrons. The van der Waals surface area contributed by atoms with E-state index < -0.39 is 0 Å². The van der Waals surface area contributed by atoms with Crippen LogP contribution in [0.2, 0.25) is 0 Å². The molecule has 1 unspecified atom stereocenters. The fraction of sp³-hybridized carbons (Fsp3) is 0.200. The topological polar surface area (TPSA) is 93.0 Å². The van der Waals surface area contributed by atoms with Gasteiger partial charge in [-0.25, -0.2) is 0 Å². The maximum Gasteiger partial charge on any atom is 0.157 e. The first kappa shape index (κ1) is 12.6. The summed E-state index contributed by atoms with van der Waals surface area (Å²) in [4.78, 5) is 0. The highest BCUT2D eigenvalue weighted by Gasteiger charge is 2.24. The molecule has 0 saturated carbocycles. The Hall–Kier alpha value is -2.40. The van der Waals surface area contributed by atoms with Crippen molar-refractivity contribution in [2.45, 2.75) is 12.5 Å². The lowest BCUT2D eigenvalue weighted by Gasteiger charge is -2.27. The predicted molar refractivity (Wildman–Crippen MR) is 73.1 cm³/mol. The summed E-state index contributed by atoms with van der Waals surface area (Å²) in [6, 6.07) is 7.80. The van der Waals surface area contributed by atoms with Gasteiger partial charge in [0.2, 0.25) is 0 Å². The number of rotatable bonds is 1. The fourth-order valence-electron chi connectivity index (χ4n) is 2.63. The van der Waals surface area contributed by atoms with Crippen molar-refractivity contribution in [3.8, 4) is 23.0 Å². The van der Waals surface area contributed by atoms with Gasteiger partial charge in [0.1, 0.15) is 0 Å². The molecule has 0 saturated heterocycles. The van der Waals surface area contributed by atoms with Crippen LogP contribution in [0.4, 0.5) is 0 Å². The minimum atomic E-state index is -0.169. The zero-order chi connectivity index (χ0) is 14.3. The van der Waals surface area contributed by atoms with Crippen LogP contribution in [0, 0.1) is 0 Å². The highest BCUT2D eigenvalue weighted by molar-refractivity contribution is 5.52. The Bertz CT molecular complexity index is 669. The van der Waals surface area contributed by atoms with Gasteiger partial charge in [-0.1, -0.05) is 6.07 Å². The number of hydrogen-bond donors (Lipinski definition) is 5. The van der Waals surface area contributed by atoms with E-state index in [9.17, 15) is 20.4 Å². The first-order valence-electron chi connectivity index (χ1n) is 6.33. The Morgan fingerprint density at radius 1 is 0.850 bits per heavy atom. The summed E-state index contributed by atoms with van der Waals surface area (Å²) >= 11 is 0. The lowest BCUT2D eigenvalue weighted by atomic mass is 9.85. The second kappa shape index (κ2) is 4.61. The molecular weight excluding hydrogens is 258 g/mol. The monoisotopic (exact) mass is 273 g/mol. The van der Waals surface area contributed by atoms with Gasteiger partial charge < -0.3 is 25.7 Å². The molecule has 5 N–H and O–H groups in total. The number of phenolic OH excluding ortho intramolecular Hbond substituents is 4. The van der Waals surface area contributed by atoms with Gasteiger partial charge in [0.05, 0.1) is 0 Å². The Kier molecular flexibility index (Phi) is 2.91. The maximum atomic E-state index is 9.68. The molecule has 0 spiro atoms. The molecule has 1 aliphatic rings. The van der Waals surface area contributed by atoms with Crippen molar-refractivity contribution >= 4 is 0 Å². The summed E-state index contributed by atoms with van der Waals surface area (Å²) in [7, 11) is 0. The molecule has 0 aromatic heterocycles. The van der Waals surface area contributed by atoms with Crippen molar-refractivity contribution in [1.29, 1.82) is 0 Å². The quantitative estimate of drug-likeness (QED) is 0.510. The third-order valence-electron chi connectivity index (χ3n) is 3.68. The van der Waals surface area contributed by atoms with Crippen LogP contribution >= 0.6 is 0 Å². The molecule has 20 heavy (non-hydrogen) atoms. The zero-order valence-corrected chi connectivity index (χ0v) is 10.7. The molecule has 1 atom stereocenters. The van der Waals surface area contributed by atoms with Gasteiger partial charge in [0.15, 0.2) is 23.0 Å². The fourth-order valence-corrected chi connectivity index (χ4v) is 2.63. The molecule has 5 heteroatoms. The van der Waals surface area contributed by atoms with E-state index in [2.05, 4.69) is 5.32 Å². The predicted octanol–water partition coefficient (Wildman–Crippen LogP) is 1.74. The highest BCUT2D eigenvalue weighted by Crippen LogP contribution is 2.38. The van der Waals surface area contributed by atoms with Crippen LogP contribution in [0.3, 0.4) is 0 Å². The van der Waals surface area contributed by atoms with Crippen LogP contribution in [0.25, 0.3) is 0 Å². The van der Waals surface area contributed by atoms with E-state index in [4.69, 9.17) is 0 Å². The van der Waals surface area contributed by atoms with Crippen LogP contribution < -0.4 is 5.32 Å². The number of hydrogen-bond acceptors (Lipinski definition) is 5. The van der Waals surface area contributed by atoms with E-state index >= 15 is 0 Å². The van der Waals surface area contributed by atoms with Crippen LogP contribution in [0.1, 0.15) is 22.6 Å². The lowest BCUT2D eigenvalue weighted by Crippen LogP contribution is -2.28. The summed E-state index contributed by atoms with van der Waals surface area (Å²) < 4.78 is 0. The van der Waals surface area contributed by atoms with Crippen molar-refractivity contribution < 1.29 is 20.4 Å². The molecule has 3 rings (SSSR count). The summed E-state index contributed by atoms with van der Waals surface area (Å²) in [6.07, 6.45) is 0. The molecule has 2 aromatic carbocycles. The first-order chi connectivity index (χ1) is 9.56. The Balaban J connectivity index is 2.09. The van der Waals surface area contributed by atoms with E-state index in [0.29, 0.717) is 13.1 Å². The van der Waals surface area contributed by atoms with Crippen molar-refractivity contribution in [3.05, 3.63) is 47.0 Å². The number of aromatic hydroxyl groups is 4. The lowest BCUT2D eigenvalue weighted by molar-refractivity contribution is 0.399. The SMILES string of the molecule is Oc1ccc(C2CNCc3cc(O)c(O)cc32)cc1O. The van der Waals surface area contributed by atoms with Crippen LogP contribution in [0.15, 0.2) is 30.3 Å². The highest BCUT2D eigenvalue weighted by atomic mass is 16.3. The molecule has 1 heterocycles. The minimum absolute atomic E-state index is 0.0586. The molecule has 0 fully saturated rings. The van der Waals surface area contributed by atoms with Crippen molar-refractivity contribution in [3.63, 3.8) is 0 Å². The van der Waals surface area contributed by atoms with Crippen LogP contribution in [0.5, 0.6) is 23.0 Å². The molecule has 104 valence electrons. The summed E-state index contributed by atoms with van der Waals surface area (Å²) in [5.74, 6) is -0.681. The van der Waals surface area contributed by atoms with E-state index in [1.165, 1.54) is 12.1 Å². The van der Waals surface area contributed by atoms with E-state index in [1.807, 2.05) is 0 Å². The first-order valence-corrected chi connectivity index (χ1v) is 6.33. The molecule has 2 aromatic rings. The molecule has 5 nitrogen and oxygen atoms in total. The standard InChI is InChI=1S/C15H15NO4/c17-12-2-1-8(3-13(12)18)11-7-16-6-9-4-14(19)15(20)5-10(9)11/h1-5,11,16-20H,6-7H2. The van der Waals surface area contributed by atoms with Crippen molar-refractivity contribution in [1.82, 2.24) is 5.32 Å². The van der Waals surface area contributed by atoms with Crippen molar-refractivity contribution in [2.24, 2.45) is 0 Å². The van der Waals surface area contributed by atoms with Crippen LogP contribution in [-0.2, 0) is 6.54 Å². The molecule has 0 aliphatic carbocycles. The third-order valence-corrected chi connectivity index (χ3v) is 3.68. The second-order valence-electron chi connectivity index (χ2n) is 4.97. The van der Waals surface area contributed by atoms with Gasteiger partial charge in [0.25, 0.3) is 0 Å². The maximum absolute atomic E-state index is 9.68. The van der Waals surface area contributed by atoms with Gasteiger partial charge in [-0.3, -0.25) is 0 Å². The summed E-state index contributed by atoms with van der Waals surface area (Å²) in [5.41, 5.74) is 2.65. The molecule has 1 aliphatic heterocycles. The second-order valence-corrected chi connectivity index (χ2v) is 4.97. The molecule has 0 amide bonds. The molecule has 0 bridgehead atoms. The smallest absolute Gasteiger partial charge is 0.157 e. The average molecular weight is 273 g/mol. The normalized spacial score (nSPS) is 17.7. The van der Waals surface area contributed by atoms with E-state index in [0.717, 1.165) is 16.7 Å². The Morgan fingerprint density at radius 2 is 1.55 bits per heavy atom. The number of nitrogens with one attached hydrogen (secondary N) is 1. The molecular formula is C15H15NO4. The Labute approximate surface area is 115 Å². The minimum Gasteiger partial charge on any atom is -0.504 e. The van der Waals surface area contributed by atoms with Crippen molar-refractivity contribution in [2.75, 3.05) is 6.54 Å². The van der Waals surface area contributed by atoms with Gasteiger partial charge in [-0.05, 0) is 41.0 Å². The largest absolute Gasteiger partial charge is 0.504 e.